The van der Waals surface area contributed by atoms with E-state index >= 15 is 0 Å². The first-order chi connectivity index (χ1) is 9.58. The van der Waals surface area contributed by atoms with Gasteiger partial charge in [0.05, 0.1) is 17.5 Å². The molecule has 1 heterocycles. The molecule has 0 bridgehead atoms. The highest BCUT2D eigenvalue weighted by molar-refractivity contribution is 6.07. The Morgan fingerprint density at radius 1 is 1.30 bits per heavy atom. The van der Waals surface area contributed by atoms with E-state index in [4.69, 9.17) is 4.42 Å². The summed E-state index contributed by atoms with van der Waals surface area (Å²) in [5, 5.41) is 9.64. The molecule has 0 atom stereocenters. The Morgan fingerprint density at radius 3 is 2.70 bits per heavy atom. The minimum Gasteiger partial charge on any atom is -0.508 e. The van der Waals surface area contributed by atoms with Crippen molar-refractivity contribution in [2.75, 3.05) is 11.4 Å². The molecule has 0 spiro atoms. The number of rotatable bonds is 4. The van der Waals surface area contributed by atoms with E-state index in [9.17, 15) is 9.90 Å². The summed E-state index contributed by atoms with van der Waals surface area (Å²) in [6, 6.07) is 6.73. The summed E-state index contributed by atoms with van der Waals surface area (Å²) in [6.45, 7) is 6.30. The molecule has 0 radical (unpaired) electrons. The fourth-order valence-electron chi connectivity index (χ4n) is 2.26. The van der Waals surface area contributed by atoms with Gasteiger partial charge < -0.3 is 14.4 Å². The molecule has 1 amide bonds. The van der Waals surface area contributed by atoms with Crippen LogP contribution in [0.15, 0.2) is 34.9 Å². The van der Waals surface area contributed by atoms with Crippen LogP contribution in [0.2, 0.25) is 0 Å². The average molecular weight is 273 g/mol. The van der Waals surface area contributed by atoms with Crippen molar-refractivity contribution in [2.45, 2.75) is 27.2 Å². The maximum Gasteiger partial charge on any atom is 0.261 e. The van der Waals surface area contributed by atoms with Gasteiger partial charge >= 0.3 is 0 Å². The zero-order valence-corrected chi connectivity index (χ0v) is 12.0. The maximum absolute atomic E-state index is 12.7. The van der Waals surface area contributed by atoms with Crippen LogP contribution in [0.3, 0.4) is 0 Å². The topological polar surface area (TPSA) is 53.7 Å². The number of aryl methyl sites for hydroxylation is 2. The van der Waals surface area contributed by atoms with Gasteiger partial charge in [-0.05, 0) is 31.5 Å². The van der Waals surface area contributed by atoms with Crippen LogP contribution >= 0.6 is 0 Å². The molecule has 1 aromatic heterocycles. The van der Waals surface area contributed by atoms with Gasteiger partial charge in [0.2, 0.25) is 0 Å². The van der Waals surface area contributed by atoms with Crippen molar-refractivity contribution < 1.29 is 14.3 Å². The van der Waals surface area contributed by atoms with Gasteiger partial charge in [0.25, 0.3) is 5.91 Å². The van der Waals surface area contributed by atoms with E-state index < -0.39 is 0 Å². The van der Waals surface area contributed by atoms with Crippen molar-refractivity contribution in [3.63, 3.8) is 0 Å². The van der Waals surface area contributed by atoms with Crippen LogP contribution in [0.1, 0.15) is 35.5 Å². The van der Waals surface area contributed by atoms with E-state index in [1.807, 2.05) is 20.8 Å². The smallest absolute Gasteiger partial charge is 0.261 e. The number of benzene rings is 1. The number of nitrogens with zero attached hydrogens (tertiary/aromatic N) is 1. The van der Waals surface area contributed by atoms with Gasteiger partial charge in [-0.15, -0.1) is 0 Å². The Morgan fingerprint density at radius 2 is 2.05 bits per heavy atom. The molecule has 4 heteroatoms. The summed E-state index contributed by atoms with van der Waals surface area (Å²) in [7, 11) is 0. The van der Waals surface area contributed by atoms with Crippen molar-refractivity contribution in [2.24, 2.45) is 0 Å². The number of hydrogen-bond acceptors (Lipinski definition) is 3. The van der Waals surface area contributed by atoms with Crippen molar-refractivity contribution in [1.82, 2.24) is 0 Å². The highest BCUT2D eigenvalue weighted by Gasteiger charge is 2.22. The lowest BCUT2D eigenvalue weighted by Crippen LogP contribution is -2.31. The monoisotopic (exact) mass is 273 g/mol. The third-order valence-electron chi connectivity index (χ3n) is 3.34. The summed E-state index contributed by atoms with van der Waals surface area (Å²) in [5.74, 6) is 0.734. The van der Waals surface area contributed by atoms with E-state index in [1.54, 1.807) is 29.2 Å². The molecule has 0 saturated heterocycles. The van der Waals surface area contributed by atoms with Gasteiger partial charge in [-0.1, -0.05) is 13.0 Å². The molecule has 0 unspecified atom stereocenters. The van der Waals surface area contributed by atoms with Crippen LogP contribution < -0.4 is 4.90 Å². The molecule has 4 nitrogen and oxygen atoms in total. The molecule has 106 valence electrons. The van der Waals surface area contributed by atoms with Crippen LogP contribution in [0.4, 0.5) is 5.69 Å². The molecular weight excluding hydrogens is 254 g/mol. The van der Waals surface area contributed by atoms with Crippen LogP contribution in [0, 0.1) is 6.92 Å². The van der Waals surface area contributed by atoms with Gasteiger partial charge in [-0.2, -0.15) is 0 Å². The summed E-state index contributed by atoms with van der Waals surface area (Å²) in [4.78, 5) is 14.3. The molecule has 0 fully saturated rings. The second kappa shape index (κ2) is 5.82. The number of hydrogen-bond donors (Lipinski definition) is 1. The molecule has 1 N–H and O–H groups in total. The highest BCUT2D eigenvalue weighted by Crippen LogP contribution is 2.27. The summed E-state index contributed by atoms with van der Waals surface area (Å²) in [5.41, 5.74) is 2.25. The van der Waals surface area contributed by atoms with Crippen LogP contribution in [0.5, 0.6) is 5.75 Å². The lowest BCUT2D eigenvalue weighted by atomic mass is 10.1. The van der Waals surface area contributed by atoms with E-state index in [0.717, 1.165) is 11.3 Å². The lowest BCUT2D eigenvalue weighted by Gasteiger charge is -2.23. The van der Waals surface area contributed by atoms with Gasteiger partial charge in [-0.25, -0.2) is 0 Å². The molecule has 2 rings (SSSR count). The minimum absolute atomic E-state index is 0.105. The number of carbonyl (C=O) groups excluding carboxylic acids is 1. The third-order valence-corrected chi connectivity index (χ3v) is 3.34. The molecule has 20 heavy (non-hydrogen) atoms. The number of phenols is 1. The van der Waals surface area contributed by atoms with Gasteiger partial charge in [0.1, 0.15) is 11.5 Å². The third kappa shape index (κ3) is 2.54. The summed E-state index contributed by atoms with van der Waals surface area (Å²) < 4.78 is 5.32. The summed E-state index contributed by atoms with van der Waals surface area (Å²) in [6.07, 6.45) is 2.21. The molecule has 1 aromatic carbocycles. The lowest BCUT2D eigenvalue weighted by molar-refractivity contribution is 0.0986. The molecule has 0 aliphatic rings. The number of carbonyl (C=O) groups is 1. The Balaban J connectivity index is 2.42. The number of phenolic OH excluding ortho intramolecular Hbond substituents is 1. The number of aromatic hydroxyl groups is 1. The number of amides is 1. The summed E-state index contributed by atoms with van der Waals surface area (Å²) >= 11 is 0. The minimum atomic E-state index is -0.105. The predicted octanol–water partition coefficient (Wildman–Crippen LogP) is 3.52. The Kier molecular flexibility index (Phi) is 4.13. The van der Waals surface area contributed by atoms with E-state index in [-0.39, 0.29) is 11.7 Å². The molecule has 0 aliphatic carbocycles. The largest absolute Gasteiger partial charge is 0.508 e. The van der Waals surface area contributed by atoms with Crippen molar-refractivity contribution in [3.8, 4) is 5.75 Å². The highest BCUT2D eigenvalue weighted by atomic mass is 16.3. The average Bonchev–Trinajstić information content (AvgIpc) is 2.91. The Bertz CT molecular complexity index is 616. The zero-order chi connectivity index (χ0) is 14.7. The second-order valence-corrected chi connectivity index (χ2v) is 4.63. The van der Waals surface area contributed by atoms with Gasteiger partial charge in [-0.3, -0.25) is 4.79 Å². The van der Waals surface area contributed by atoms with Gasteiger partial charge in [0.15, 0.2) is 0 Å². The molecule has 2 aromatic rings. The van der Waals surface area contributed by atoms with E-state index in [2.05, 4.69) is 0 Å². The number of furan rings is 1. The van der Waals surface area contributed by atoms with Crippen molar-refractivity contribution in [1.29, 1.82) is 0 Å². The predicted molar refractivity (Wildman–Crippen MR) is 78.3 cm³/mol. The normalized spacial score (nSPS) is 10.6. The number of anilines is 1. The maximum atomic E-state index is 12.7. The Hall–Kier alpha value is -2.23. The van der Waals surface area contributed by atoms with Crippen LogP contribution in [-0.2, 0) is 6.42 Å². The fourth-order valence-corrected chi connectivity index (χ4v) is 2.26. The van der Waals surface area contributed by atoms with Gasteiger partial charge in [0, 0.05) is 19.0 Å². The van der Waals surface area contributed by atoms with Crippen LogP contribution in [0.25, 0.3) is 0 Å². The quantitative estimate of drug-likeness (QED) is 0.927. The first-order valence-corrected chi connectivity index (χ1v) is 6.76. The van der Waals surface area contributed by atoms with Crippen LogP contribution in [-0.4, -0.2) is 17.6 Å². The first kappa shape index (κ1) is 14.2. The molecule has 0 aliphatic heterocycles. The van der Waals surface area contributed by atoms with E-state index in [1.165, 1.54) is 6.26 Å². The SMILES string of the molecule is CCc1occc1C(=O)N(CC)c1cc(O)ccc1C. The molecule has 0 saturated carbocycles. The standard InChI is InChI=1S/C16H19NO3/c1-4-15-13(8-9-20-15)16(19)17(5-2)14-10-12(18)7-6-11(14)3/h6-10,18H,4-5H2,1-3H3. The second-order valence-electron chi connectivity index (χ2n) is 4.63. The van der Waals surface area contributed by atoms with Crippen molar-refractivity contribution in [3.05, 3.63) is 47.4 Å². The zero-order valence-electron chi connectivity index (χ0n) is 12.0. The Labute approximate surface area is 118 Å². The van der Waals surface area contributed by atoms with E-state index in [0.29, 0.717) is 24.3 Å². The molecular formula is C16H19NO3. The first-order valence-electron chi connectivity index (χ1n) is 6.76. The fraction of sp³-hybridized carbons (Fsp3) is 0.312. The van der Waals surface area contributed by atoms with Crippen molar-refractivity contribution >= 4 is 11.6 Å².